The molecule has 0 radical (unpaired) electrons. The van der Waals surface area contributed by atoms with Crippen LogP contribution in [-0.2, 0) is 0 Å². The van der Waals surface area contributed by atoms with Crippen molar-refractivity contribution in [3.8, 4) is 11.1 Å². The number of nitrogens with zero attached hydrogens (tertiary/aromatic N) is 1. The highest BCUT2D eigenvalue weighted by Gasteiger charge is 2.19. The van der Waals surface area contributed by atoms with Gasteiger partial charge in [0.2, 0.25) is 0 Å². The van der Waals surface area contributed by atoms with Crippen LogP contribution in [0.5, 0.6) is 0 Å². The number of pyridine rings is 1. The maximum absolute atomic E-state index is 13.9. The van der Waals surface area contributed by atoms with Gasteiger partial charge >= 0.3 is 0 Å². The van der Waals surface area contributed by atoms with Gasteiger partial charge in [0.1, 0.15) is 11.6 Å². The summed E-state index contributed by atoms with van der Waals surface area (Å²) in [5.74, 6) is -0.139. The fourth-order valence-corrected chi connectivity index (χ4v) is 4.71. The minimum atomic E-state index is -0.515. The van der Waals surface area contributed by atoms with Crippen LogP contribution in [0.15, 0.2) is 53.6 Å². The number of carbonyl (C=O) groups is 1. The number of aromatic nitrogens is 1. The number of nitrogens with two attached hydrogens (primary N) is 1. The normalized spacial score (nSPS) is 12.0. The highest BCUT2D eigenvalue weighted by molar-refractivity contribution is 7.99. The zero-order valence-electron chi connectivity index (χ0n) is 15.2. The maximum Gasteiger partial charge on any atom is 0.159 e. The largest absolute Gasteiger partial charge is 0.383 e. The van der Waals surface area contributed by atoms with Gasteiger partial charge in [-0.15, -0.1) is 11.8 Å². The zero-order chi connectivity index (χ0) is 20.4. The van der Waals surface area contributed by atoms with Gasteiger partial charge in [0.25, 0.3) is 0 Å². The number of halogens is 3. The monoisotopic (exact) mass is 434 g/mol. The van der Waals surface area contributed by atoms with Crippen LogP contribution in [0.1, 0.15) is 35.0 Å². The highest BCUT2D eigenvalue weighted by atomic mass is 35.5. The van der Waals surface area contributed by atoms with E-state index in [0.29, 0.717) is 22.0 Å². The Balaban J connectivity index is 1.92. The molecule has 1 unspecified atom stereocenters. The van der Waals surface area contributed by atoms with Crippen LogP contribution in [-0.4, -0.2) is 10.8 Å². The van der Waals surface area contributed by atoms with E-state index in [0.717, 1.165) is 16.0 Å². The molecular weight excluding hydrogens is 418 g/mol. The molecule has 0 amide bonds. The minimum absolute atomic E-state index is 0.00927. The van der Waals surface area contributed by atoms with E-state index >= 15 is 0 Å². The summed E-state index contributed by atoms with van der Waals surface area (Å²) in [6.45, 7) is 3.41. The van der Waals surface area contributed by atoms with Crippen molar-refractivity contribution >= 4 is 46.6 Å². The molecular formula is C21H17Cl2FN2OS. The average Bonchev–Trinajstić information content (AvgIpc) is 2.67. The van der Waals surface area contributed by atoms with Gasteiger partial charge in [-0.3, -0.25) is 4.79 Å². The van der Waals surface area contributed by atoms with E-state index in [-0.39, 0.29) is 16.1 Å². The first-order valence-electron chi connectivity index (χ1n) is 8.45. The van der Waals surface area contributed by atoms with Crippen LogP contribution in [0.3, 0.4) is 0 Å². The summed E-state index contributed by atoms with van der Waals surface area (Å²) >= 11 is 13.8. The Morgan fingerprint density at radius 3 is 2.46 bits per heavy atom. The molecule has 3 aromatic rings. The van der Waals surface area contributed by atoms with Crippen molar-refractivity contribution in [2.75, 3.05) is 5.73 Å². The third kappa shape index (κ3) is 4.32. The van der Waals surface area contributed by atoms with Gasteiger partial charge in [-0.25, -0.2) is 9.37 Å². The summed E-state index contributed by atoms with van der Waals surface area (Å²) in [7, 11) is 0. The summed E-state index contributed by atoms with van der Waals surface area (Å²) < 4.78 is 13.9. The number of hydrogen-bond donors (Lipinski definition) is 1. The number of nitrogen functional groups attached to an aromatic ring is 1. The van der Waals surface area contributed by atoms with E-state index in [2.05, 4.69) is 4.98 Å². The van der Waals surface area contributed by atoms with Gasteiger partial charge in [0.15, 0.2) is 5.78 Å². The molecule has 7 heteroatoms. The fraction of sp³-hybridized carbons (Fsp3) is 0.143. The molecule has 0 bridgehead atoms. The second-order valence-electron chi connectivity index (χ2n) is 6.26. The number of thioether (sulfide) groups is 1. The molecule has 0 spiro atoms. The Morgan fingerprint density at radius 2 is 1.82 bits per heavy atom. The third-order valence-corrected chi connectivity index (χ3v) is 6.18. The lowest BCUT2D eigenvalue weighted by Gasteiger charge is -2.17. The summed E-state index contributed by atoms with van der Waals surface area (Å²) in [5, 5.41) is 0.166. The van der Waals surface area contributed by atoms with Crippen molar-refractivity contribution in [3.63, 3.8) is 0 Å². The molecule has 0 fully saturated rings. The molecule has 144 valence electrons. The molecule has 3 rings (SSSR count). The molecule has 0 saturated heterocycles. The first-order valence-corrected chi connectivity index (χ1v) is 10.1. The topological polar surface area (TPSA) is 56.0 Å². The van der Waals surface area contributed by atoms with Crippen LogP contribution in [0.25, 0.3) is 11.1 Å². The molecule has 0 aliphatic rings. The summed E-state index contributed by atoms with van der Waals surface area (Å²) in [4.78, 5) is 16.5. The van der Waals surface area contributed by atoms with Gasteiger partial charge in [0, 0.05) is 33.2 Å². The van der Waals surface area contributed by atoms with Crippen molar-refractivity contribution in [2.45, 2.75) is 24.0 Å². The Labute approximate surface area is 177 Å². The van der Waals surface area contributed by atoms with Crippen LogP contribution >= 0.6 is 35.0 Å². The van der Waals surface area contributed by atoms with Crippen molar-refractivity contribution in [2.24, 2.45) is 0 Å². The van der Waals surface area contributed by atoms with Crippen molar-refractivity contribution < 1.29 is 9.18 Å². The molecule has 2 aromatic carbocycles. The number of rotatable bonds is 5. The molecule has 1 aromatic heterocycles. The van der Waals surface area contributed by atoms with Gasteiger partial charge in [0.05, 0.1) is 9.92 Å². The summed E-state index contributed by atoms with van der Waals surface area (Å²) in [5.41, 5.74) is 8.98. The average molecular weight is 435 g/mol. The molecule has 1 atom stereocenters. The lowest BCUT2D eigenvalue weighted by molar-refractivity contribution is 0.101. The van der Waals surface area contributed by atoms with Gasteiger partial charge < -0.3 is 5.73 Å². The molecule has 0 aliphatic heterocycles. The Kier molecular flexibility index (Phi) is 6.28. The number of ketones is 1. The minimum Gasteiger partial charge on any atom is -0.383 e. The number of carbonyl (C=O) groups excluding carboxylic acids is 1. The smallest absolute Gasteiger partial charge is 0.159 e. The Morgan fingerprint density at radius 1 is 1.14 bits per heavy atom. The first kappa shape index (κ1) is 20.6. The fourth-order valence-electron chi connectivity index (χ4n) is 2.77. The zero-order valence-corrected chi connectivity index (χ0v) is 17.5. The van der Waals surface area contributed by atoms with E-state index in [9.17, 15) is 9.18 Å². The second-order valence-corrected chi connectivity index (χ2v) is 8.43. The van der Waals surface area contributed by atoms with Crippen molar-refractivity contribution in [1.82, 2.24) is 4.98 Å². The number of benzene rings is 2. The van der Waals surface area contributed by atoms with Gasteiger partial charge in [-0.1, -0.05) is 47.5 Å². The number of Topliss-reactive ketones (excluding diaryl/α,β-unsaturated/α-hetero) is 1. The van der Waals surface area contributed by atoms with Crippen molar-refractivity contribution in [3.05, 3.63) is 75.7 Å². The first-order chi connectivity index (χ1) is 13.3. The highest BCUT2D eigenvalue weighted by Crippen LogP contribution is 2.44. The number of hydrogen-bond acceptors (Lipinski definition) is 4. The summed E-state index contributed by atoms with van der Waals surface area (Å²) in [6, 6.07) is 11.9. The molecule has 28 heavy (non-hydrogen) atoms. The van der Waals surface area contributed by atoms with E-state index in [4.69, 9.17) is 28.9 Å². The predicted molar refractivity (Wildman–Crippen MR) is 115 cm³/mol. The van der Waals surface area contributed by atoms with E-state index < -0.39 is 5.82 Å². The SMILES string of the molecule is CC(=O)c1ccc(-c2cnc(N)c(SC(C)c3c(Cl)ccc(F)c3Cl)c2)cc1. The van der Waals surface area contributed by atoms with E-state index in [1.807, 2.05) is 25.1 Å². The van der Waals surface area contributed by atoms with E-state index in [1.165, 1.54) is 30.8 Å². The molecule has 3 nitrogen and oxygen atoms in total. The van der Waals surface area contributed by atoms with Crippen LogP contribution < -0.4 is 5.73 Å². The van der Waals surface area contributed by atoms with E-state index in [1.54, 1.807) is 18.3 Å². The second kappa shape index (κ2) is 8.52. The standard InChI is InChI=1S/C21H17Cl2FN2OS/c1-11(27)13-3-5-14(6-4-13)15-9-18(21(25)26-10-15)28-12(2)19-16(22)7-8-17(24)20(19)23/h3-10,12H,1-2H3,(H2,25,26). The Bertz CT molecular complexity index is 1040. The molecule has 2 N–H and O–H groups in total. The quantitative estimate of drug-likeness (QED) is 0.271. The van der Waals surface area contributed by atoms with Gasteiger partial charge in [-0.05, 0) is 37.6 Å². The summed E-state index contributed by atoms with van der Waals surface area (Å²) in [6.07, 6.45) is 1.68. The van der Waals surface area contributed by atoms with Crippen LogP contribution in [0, 0.1) is 5.82 Å². The van der Waals surface area contributed by atoms with Crippen LogP contribution in [0.2, 0.25) is 10.0 Å². The molecule has 0 aliphatic carbocycles. The van der Waals surface area contributed by atoms with Crippen molar-refractivity contribution in [1.29, 1.82) is 0 Å². The molecule has 0 saturated carbocycles. The predicted octanol–water partition coefficient (Wildman–Crippen LogP) is 6.83. The number of anilines is 1. The van der Waals surface area contributed by atoms with Crippen LogP contribution in [0.4, 0.5) is 10.2 Å². The lowest BCUT2D eigenvalue weighted by atomic mass is 10.0. The Hall–Kier alpha value is -2.08. The third-order valence-electron chi connectivity index (χ3n) is 4.30. The van der Waals surface area contributed by atoms with Gasteiger partial charge in [-0.2, -0.15) is 0 Å². The molecule has 1 heterocycles. The maximum atomic E-state index is 13.9. The lowest BCUT2D eigenvalue weighted by Crippen LogP contribution is -1.98.